The van der Waals surface area contributed by atoms with Gasteiger partial charge in [0, 0.05) is 25.6 Å². The third kappa shape index (κ3) is 4.44. The van der Waals surface area contributed by atoms with E-state index in [1.807, 2.05) is 30.3 Å². The molecule has 2 aliphatic rings. The maximum atomic E-state index is 13.2. The molecule has 0 radical (unpaired) electrons. The maximum Gasteiger partial charge on any atom is 0.247 e. The predicted octanol–water partition coefficient (Wildman–Crippen LogP) is 2.76. The van der Waals surface area contributed by atoms with Crippen LogP contribution in [0, 0.1) is 5.92 Å². The standard InChI is InChI=1S/C21H31N3O2/c22-15-18(16-9-3-1-4-10-16)23-21(26)20(17-11-5-2-6-12-17)24-14-8-7-13-19(24)25/h2,5-6,11-12,16,18,20H,1,3-4,7-10,13-15,22H2,(H,23,26). The number of amides is 2. The zero-order chi connectivity index (χ0) is 18.4. The van der Waals surface area contributed by atoms with Crippen molar-refractivity contribution >= 4 is 11.8 Å². The summed E-state index contributed by atoms with van der Waals surface area (Å²) in [5.41, 5.74) is 6.88. The van der Waals surface area contributed by atoms with Gasteiger partial charge < -0.3 is 16.0 Å². The molecule has 2 unspecified atom stereocenters. The molecule has 1 aliphatic carbocycles. The number of carbonyl (C=O) groups excluding carboxylic acids is 2. The van der Waals surface area contributed by atoms with Gasteiger partial charge in [-0.25, -0.2) is 0 Å². The summed E-state index contributed by atoms with van der Waals surface area (Å²) in [4.78, 5) is 27.5. The molecule has 0 aromatic heterocycles. The third-order valence-corrected chi connectivity index (χ3v) is 5.84. The first kappa shape index (κ1) is 18.9. The van der Waals surface area contributed by atoms with E-state index in [0.29, 0.717) is 25.4 Å². The smallest absolute Gasteiger partial charge is 0.247 e. The highest BCUT2D eigenvalue weighted by Gasteiger charge is 2.34. The van der Waals surface area contributed by atoms with Crippen molar-refractivity contribution in [1.82, 2.24) is 10.2 Å². The van der Waals surface area contributed by atoms with Gasteiger partial charge in [0.1, 0.15) is 6.04 Å². The van der Waals surface area contributed by atoms with Gasteiger partial charge in [-0.15, -0.1) is 0 Å². The van der Waals surface area contributed by atoms with Gasteiger partial charge in [-0.2, -0.15) is 0 Å². The Kier molecular flexibility index (Phi) is 6.67. The molecule has 0 bridgehead atoms. The summed E-state index contributed by atoms with van der Waals surface area (Å²) in [5, 5.41) is 3.20. The van der Waals surface area contributed by atoms with Crippen LogP contribution in [-0.4, -0.2) is 35.8 Å². The number of likely N-dealkylation sites (tertiary alicyclic amines) is 1. The van der Waals surface area contributed by atoms with Gasteiger partial charge in [-0.05, 0) is 37.2 Å². The van der Waals surface area contributed by atoms with Crippen molar-refractivity contribution in [2.75, 3.05) is 13.1 Å². The number of hydrogen-bond acceptors (Lipinski definition) is 3. The van der Waals surface area contributed by atoms with Crippen LogP contribution in [0.25, 0.3) is 0 Å². The molecule has 2 atom stereocenters. The van der Waals surface area contributed by atoms with Crippen molar-refractivity contribution in [2.24, 2.45) is 11.7 Å². The first-order valence-electron chi connectivity index (χ1n) is 10.1. The highest BCUT2D eigenvalue weighted by molar-refractivity contribution is 5.89. The van der Waals surface area contributed by atoms with Crippen LogP contribution in [0.15, 0.2) is 30.3 Å². The van der Waals surface area contributed by atoms with Crippen LogP contribution in [0.3, 0.4) is 0 Å². The number of carbonyl (C=O) groups is 2. The fourth-order valence-corrected chi connectivity index (χ4v) is 4.38. The van der Waals surface area contributed by atoms with E-state index in [1.54, 1.807) is 4.90 Å². The normalized spacial score (nSPS) is 21.3. The largest absolute Gasteiger partial charge is 0.350 e. The van der Waals surface area contributed by atoms with E-state index in [1.165, 1.54) is 19.3 Å². The van der Waals surface area contributed by atoms with Crippen molar-refractivity contribution in [3.05, 3.63) is 35.9 Å². The third-order valence-electron chi connectivity index (χ3n) is 5.84. The summed E-state index contributed by atoms with van der Waals surface area (Å²) in [5.74, 6) is 0.431. The molecule has 1 aromatic rings. The van der Waals surface area contributed by atoms with E-state index >= 15 is 0 Å². The fraction of sp³-hybridized carbons (Fsp3) is 0.619. The lowest BCUT2D eigenvalue weighted by Gasteiger charge is -2.36. The predicted molar refractivity (Wildman–Crippen MR) is 102 cm³/mol. The number of piperidine rings is 1. The first-order valence-corrected chi connectivity index (χ1v) is 10.1. The van der Waals surface area contributed by atoms with Crippen LogP contribution in [0.5, 0.6) is 0 Å². The topological polar surface area (TPSA) is 75.4 Å². The van der Waals surface area contributed by atoms with Crippen molar-refractivity contribution < 1.29 is 9.59 Å². The first-order chi connectivity index (χ1) is 12.7. The van der Waals surface area contributed by atoms with E-state index in [9.17, 15) is 9.59 Å². The number of nitrogens with zero attached hydrogens (tertiary/aromatic N) is 1. The van der Waals surface area contributed by atoms with Gasteiger partial charge in [0.15, 0.2) is 0 Å². The molecular weight excluding hydrogens is 326 g/mol. The van der Waals surface area contributed by atoms with E-state index in [2.05, 4.69) is 5.32 Å². The van der Waals surface area contributed by atoms with Crippen molar-refractivity contribution in [1.29, 1.82) is 0 Å². The second-order valence-electron chi connectivity index (χ2n) is 7.61. The lowest BCUT2D eigenvalue weighted by molar-refractivity contribution is -0.143. The van der Waals surface area contributed by atoms with Gasteiger partial charge in [-0.3, -0.25) is 9.59 Å². The molecule has 5 heteroatoms. The van der Waals surface area contributed by atoms with Crippen LogP contribution in [0.1, 0.15) is 63.0 Å². The Morgan fingerprint density at radius 1 is 1.12 bits per heavy atom. The SMILES string of the molecule is NCC(NC(=O)C(c1ccccc1)N1CCCCC1=O)C1CCCCC1. The quantitative estimate of drug-likeness (QED) is 0.822. The summed E-state index contributed by atoms with van der Waals surface area (Å²) in [6, 6.07) is 9.09. The molecule has 1 saturated heterocycles. The highest BCUT2D eigenvalue weighted by atomic mass is 16.2. The molecular formula is C21H31N3O2. The Morgan fingerprint density at radius 3 is 2.50 bits per heavy atom. The molecule has 1 saturated carbocycles. The number of rotatable bonds is 6. The van der Waals surface area contributed by atoms with Crippen LogP contribution in [0.2, 0.25) is 0 Å². The van der Waals surface area contributed by atoms with E-state index in [0.717, 1.165) is 31.2 Å². The highest BCUT2D eigenvalue weighted by Crippen LogP contribution is 2.29. The monoisotopic (exact) mass is 357 g/mol. The molecule has 2 amide bonds. The summed E-state index contributed by atoms with van der Waals surface area (Å²) < 4.78 is 0. The summed E-state index contributed by atoms with van der Waals surface area (Å²) in [6.45, 7) is 1.09. The molecule has 5 nitrogen and oxygen atoms in total. The van der Waals surface area contributed by atoms with Gasteiger partial charge in [0.05, 0.1) is 0 Å². The van der Waals surface area contributed by atoms with Crippen LogP contribution < -0.4 is 11.1 Å². The summed E-state index contributed by atoms with van der Waals surface area (Å²) >= 11 is 0. The minimum Gasteiger partial charge on any atom is -0.350 e. The number of benzene rings is 1. The Balaban J connectivity index is 1.78. The van der Waals surface area contributed by atoms with E-state index in [4.69, 9.17) is 5.73 Å². The van der Waals surface area contributed by atoms with Gasteiger partial charge >= 0.3 is 0 Å². The number of nitrogens with one attached hydrogen (secondary N) is 1. The van der Waals surface area contributed by atoms with Crippen LogP contribution in [0.4, 0.5) is 0 Å². The van der Waals surface area contributed by atoms with Crippen molar-refractivity contribution in [3.8, 4) is 0 Å². The molecule has 0 spiro atoms. The van der Waals surface area contributed by atoms with Crippen LogP contribution >= 0.6 is 0 Å². The van der Waals surface area contributed by atoms with Crippen molar-refractivity contribution in [2.45, 2.75) is 63.5 Å². The second-order valence-corrected chi connectivity index (χ2v) is 7.61. The van der Waals surface area contributed by atoms with Gasteiger partial charge in [-0.1, -0.05) is 49.6 Å². The van der Waals surface area contributed by atoms with Gasteiger partial charge in [0.2, 0.25) is 11.8 Å². The molecule has 1 heterocycles. The molecule has 1 aliphatic heterocycles. The Hall–Kier alpha value is -1.88. The molecule has 3 N–H and O–H groups in total. The Bertz CT molecular complexity index is 599. The van der Waals surface area contributed by atoms with Gasteiger partial charge in [0.25, 0.3) is 0 Å². The van der Waals surface area contributed by atoms with Crippen molar-refractivity contribution in [3.63, 3.8) is 0 Å². The molecule has 1 aromatic carbocycles. The maximum absolute atomic E-state index is 13.2. The second kappa shape index (κ2) is 9.17. The molecule has 142 valence electrons. The summed E-state index contributed by atoms with van der Waals surface area (Å²) in [6.07, 6.45) is 8.34. The average Bonchev–Trinajstić information content (AvgIpc) is 2.69. The Labute approximate surface area is 156 Å². The van der Waals surface area contributed by atoms with Crippen LogP contribution in [-0.2, 0) is 9.59 Å². The van der Waals surface area contributed by atoms with E-state index in [-0.39, 0.29) is 17.9 Å². The molecule has 26 heavy (non-hydrogen) atoms. The zero-order valence-corrected chi connectivity index (χ0v) is 15.5. The minimum absolute atomic E-state index is 0.00564. The molecule has 2 fully saturated rings. The lowest BCUT2D eigenvalue weighted by atomic mass is 9.83. The van der Waals surface area contributed by atoms with E-state index < -0.39 is 6.04 Å². The lowest BCUT2D eigenvalue weighted by Crippen LogP contribution is -2.52. The zero-order valence-electron chi connectivity index (χ0n) is 15.5. The fourth-order valence-electron chi connectivity index (χ4n) is 4.38. The average molecular weight is 357 g/mol. The number of hydrogen-bond donors (Lipinski definition) is 2. The minimum atomic E-state index is -0.554. The molecule has 3 rings (SSSR count). The number of nitrogens with two attached hydrogens (primary N) is 1. The Morgan fingerprint density at radius 2 is 1.85 bits per heavy atom. The summed E-state index contributed by atoms with van der Waals surface area (Å²) in [7, 11) is 0.